The van der Waals surface area contributed by atoms with Crippen LogP contribution in [0, 0.1) is 0 Å². The number of methoxy groups -OCH3 is 1. The van der Waals surface area contributed by atoms with Crippen LogP contribution in [0.15, 0.2) is 0 Å². The summed E-state index contributed by atoms with van der Waals surface area (Å²) in [6, 6.07) is 0. The van der Waals surface area contributed by atoms with E-state index in [2.05, 4.69) is 4.98 Å². The van der Waals surface area contributed by atoms with Crippen molar-refractivity contribution >= 4 is 16.3 Å². The summed E-state index contributed by atoms with van der Waals surface area (Å²) in [7, 11) is 1.67. The van der Waals surface area contributed by atoms with Gasteiger partial charge in [-0.15, -0.1) is 11.3 Å². The number of nitrogens with two attached hydrogens (primary N) is 1. The second-order valence-corrected chi connectivity index (χ2v) is 4.84. The largest absolute Gasteiger partial charge is 0.389 e. The Morgan fingerprint density at radius 3 is 2.86 bits per heavy atom. The summed E-state index contributed by atoms with van der Waals surface area (Å²) in [5.74, 6) is 0.660. The number of nitrogens with zero attached hydrogens (tertiary/aromatic N) is 1. The Hall–Kier alpha value is -0.610. The molecule has 0 bridgehead atoms. The minimum atomic E-state index is 0.537. The van der Waals surface area contributed by atoms with Gasteiger partial charge in [0.2, 0.25) is 0 Å². The molecule has 1 heterocycles. The van der Waals surface area contributed by atoms with Crippen molar-refractivity contribution in [1.29, 1.82) is 0 Å². The van der Waals surface area contributed by atoms with E-state index in [1.807, 2.05) is 0 Å². The molecule has 0 aromatic carbocycles. The lowest BCUT2D eigenvalue weighted by Gasteiger charge is -2.02. The van der Waals surface area contributed by atoms with Gasteiger partial charge >= 0.3 is 0 Å². The van der Waals surface area contributed by atoms with E-state index in [0.29, 0.717) is 12.5 Å². The van der Waals surface area contributed by atoms with Crippen molar-refractivity contribution in [2.45, 2.75) is 38.2 Å². The van der Waals surface area contributed by atoms with Crippen molar-refractivity contribution in [3.05, 3.63) is 10.7 Å². The molecular weight excluding hydrogens is 196 g/mol. The van der Waals surface area contributed by atoms with Gasteiger partial charge in [0.25, 0.3) is 0 Å². The number of anilines is 1. The Kier molecular flexibility index (Phi) is 3.03. The van der Waals surface area contributed by atoms with Crippen molar-refractivity contribution in [1.82, 2.24) is 4.98 Å². The molecule has 1 aromatic rings. The molecule has 3 nitrogen and oxygen atoms in total. The molecule has 0 saturated heterocycles. The first kappa shape index (κ1) is 9.93. The first-order valence-electron chi connectivity index (χ1n) is 5.05. The zero-order valence-corrected chi connectivity index (χ0v) is 9.27. The second kappa shape index (κ2) is 4.28. The minimum Gasteiger partial charge on any atom is -0.389 e. The van der Waals surface area contributed by atoms with Crippen molar-refractivity contribution in [2.24, 2.45) is 0 Å². The van der Waals surface area contributed by atoms with Crippen LogP contribution >= 0.6 is 11.3 Å². The molecule has 1 fully saturated rings. The Bertz CT molecular complexity index is 305. The Morgan fingerprint density at radius 2 is 2.21 bits per heavy atom. The Morgan fingerprint density at radius 1 is 1.50 bits per heavy atom. The summed E-state index contributed by atoms with van der Waals surface area (Å²) >= 11 is 1.64. The van der Waals surface area contributed by atoms with Gasteiger partial charge in [0.15, 0.2) is 0 Å². The van der Waals surface area contributed by atoms with Gasteiger partial charge in [0.1, 0.15) is 10.7 Å². The average molecular weight is 212 g/mol. The van der Waals surface area contributed by atoms with Gasteiger partial charge in [-0.05, 0) is 12.8 Å². The van der Waals surface area contributed by atoms with Crippen molar-refractivity contribution in [2.75, 3.05) is 12.8 Å². The maximum Gasteiger partial charge on any atom is 0.112 e. The molecule has 0 amide bonds. The van der Waals surface area contributed by atoms with Gasteiger partial charge in [-0.3, -0.25) is 0 Å². The lowest BCUT2D eigenvalue weighted by atomic mass is 10.1. The van der Waals surface area contributed by atoms with Crippen LogP contribution in [0.25, 0.3) is 0 Å². The second-order valence-electron chi connectivity index (χ2n) is 3.78. The first-order chi connectivity index (χ1) is 6.81. The molecule has 0 aliphatic heterocycles. The molecule has 0 spiro atoms. The van der Waals surface area contributed by atoms with E-state index in [1.165, 1.54) is 30.7 Å². The van der Waals surface area contributed by atoms with Crippen LogP contribution < -0.4 is 5.73 Å². The van der Waals surface area contributed by atoms with Gasteiger partial charge in [0.05, 0.1) is 11.6 Å². The van der Waals surface area contributed by atoms with Crippen molar-refractivity contribution < 1.29 is 4.74 Å². The molecule has 4 heteroatoms. The van der Waals surface area contributed by atoms with E-state index in [1.54, 1.807) is 18.4 Å². The third kappa shape index (κ3) is 1.91. The van der Waals surface area contributed by atoms with E-state index in [-0.39, 0.29) is 0 Å². The zero-order valence-electron chi connectivity index (χ0n) is 8.45. The Balaban J connectivity index is 2.14. The summed E-state index contributed by atoms with van der Waals surface area (Å²) < 4.78 is 5.05. The number of nitrogen functional groups attached to an aromatic ring is 1. The van der Waals surface area contributed by atoms with Crippen LogP contribution in [0.2, 0.25) is 0 Å². The molecular formula is C10H16N2OS. The quantitative estimate of drug-likeness (QED) is 0.837. The van der Waals surface area contributed by atoms with E-state index in [0.717, 1.165) is 10.7 Å². The maximum atomic E-state index is 5.87. The molecule has 14 heavy (non-hydrogen) atoms. The fraction of sp³-hybridized carbons (Fsp3) is 0.700. The summed E-state index contributed by atoms with van der Waals surface area (Å²) in [5, 5.41) is 2.04. The fourth-order valence-electron chi connectivity index (χ4n) is 1.97. The molecule has 0 atom stereocenters. The van der Waals surface area contributed by atoms with Crippen LogP contribution in [0.3, 0.4) is 0 Å². The number of rotatable bonds is 3. The summed E-state index contributed by atoms with van der Waals surface area (Å²) in [5.41, 5.74) is 6.79. The van der Waals surface area contributed by atoms with Gasteiger partial charge in [-0.25, -0.2) is 4.98 Å². The highest BCUT2D eigenvalue weighted by molar-refractivity contribution is 7.15. The molecule has 1 aliphatic rings. The number of hydrogen-bond acceptors (Lipinski definition) is 4. The molecule has 1 saturated carbocycles. The van der Waals surface area contributed by atoms with Crippen molar-refractivity contribution in [3.63, 3.8) is 0 Å². The first-order valence-corrected chi connectivity index (χ1v) is 5.87. The molecule has 1 aliphatic carbocycles. The highest BCUT2D eigenvalue weighted by Gasteiger charge is 2.21. The third-order valence-corrected chi connectivity index (χ3v) is 3.82. The van der Waals surface area contributed by atoms with Crippen LogP contribution in [0.4, 0.5) is 5.00 Å². The third-order valence-electron chi connectivity index (χ3n) is 2.73. The van der Waals surface area contributed by atoms with Crippen LogP contribution in [0.5, 0.6) is 0 Å². The topological polar surface area (TPSA) is 48.1 Å². The SMILES string of the molecule is COCc1nc(C2CCCC2)sc1N. The molecule has 1 aromatic heterocycles. The number of thiazole rings is 1. The number of aromatic nitrogens is 1. The van der Waals surface area contributed by atoms with E-state index in [9.17, 15) is 0 Å². The lowest BCUT2D eigenvalue weighted by Crippen LogP contribution is -1.95. The summed E-state index contributed by atoms with van der Waals surface area (Å²) in [4.78, 5) is 4.55. The molecule has 2 N–H and O–H groups in total. The van der Waals surface area contributed by atoms with E-state index in [4.69, 9.17) is 10.5 Å². The molecule has 0 radical (unpaired) electrons. The van der Waals surface area contributed by atoms with Gasteiger partial charge < -0.3 is 10.5 Å². The summed E-state index contributed by atoms with van der Waals surface area (Å²) in [6.07, 6.45) is 5.23. The predicted octanol–water partition coefficient (Wildman–Crippen LogP) is 2.53. The van der Waals surface area contributed by atoms with Gasteiger partial charge in [-0.2, -0.15) is 0 Å². The fourth-order valence-corrected chi connectivity index (χ4v) is 2.98. The van der Waals surface area contributed by atoms with Gasteiger partial charge in [0, 0.05) is 13.0 Å². The molecule has 0 unspecified atom stereocenters. The lowest BCUT2D eigenvalue weighted by molar-refractivity contribution is 0.182. The van der Waals surface area contributed by atoms with E-state index >= 15 is 0 Å². The summed E-state index contributed by atoms with van der Waals surface area (Å²) in [6.45, 7) is 0.537. The molecule has 2 rings (SSSR count). The van der Waals surface area contributed by atoms with Crippen LogP contribution in [-0.2, 0) is 11.3 Å². The Labute approximate surface area is 88.3 Å². The van der Waals surface area contributed by atoms with Crippen LogP contribution in [0.1, 0.15) is 42.3 Å². The monoisotopic (exact) mass is 212 g/mol. The van der Waals surface area contributed by atoms with E-state index < -0.39 is 0 Å². The number of ether oxygens (including phenoxy) is 1. The highest BCUT2D eigenvalue weighted by Crippen LogP contribution is 2.38. The normalized spacial score (nSPS) is 17.8. The predicted molar refractivity (Wildman–Crippen MR) is 58.4 cm³/mol. The minimum absolute atomic E-state index is 0.537. The zero-order chi connectivity index (χ0) is 9.97. The highest BCUT2D eigenvalue weighted by atomic mass is 32.1. The molecule has 78 valence electrons. The van der Waals surface area contributed by atoms with Gasteiger partial charge in [-0.1, -0.05) is 12.8 Å². The standard InChI is InChI=1S/C10H16N2OS/c1-13-6-8-9(11)14-10(12-8)7-4-2-3-5-7/h7H,2-6,11H2,1H3. The smallest absolute Gasteiger partial charge is 0.112 e. The van der Waals surface area contributed by atoms with Crippen LogP contribution in [-0.4, -0.2) is 12.1 Å². The number of hydrogen-bond donors (Lipinski definition) is 1. The van der Waals surface area contributed by atoms with Crippen molar-refractivity contribution in [3.8, 4) is 0 Å². The maximum absolute atomic E-state index is 5.87. The average Bonchev–Trinajstić information content (AvgIpc) is 2.76.